The minimum Gasteiger partial charge on any atom is -0.480 e. The Kier molecular flexibility index (Phi) is 4.14. The van der Waals surface area contributed by atoms with E-state index >= 15 is 0 Å². The van der Waals surface area contributed by atoms with Crippen LogP contribution < -0.4 is 4.72 Å². The van der Waals surface area contributed by atoms with Gasteiger partial charge in [0.25, 0.3) is 10.0 Å². The minimum absolute atomic E-state index is 0.0556. The number of nitrogens with zero attached hydrogens (tertiary/aromatic N) is 2. The summed E-state index contributed by atoms with van der Waals surface area (Å²) in [5.74, 6) is -0.348. The standard InChI is InChI=1S/C12H19N3O4S/c1-8(2)6-9(12(16)17)14-20(18,19)11-7-13-10-4-3-5-15(10)11/h7-9,14H,3-6H2,1-2H3,(H,16,17)/t9-/m0/s1. The van der Waals surface area contributed by atoms with E-state index in [-0.39, 0.29) is 17.4 Å². The third-order valence-corrected chi connectivity index (χ3v) is 4.73. The first-order chi connectivity index (χ1) is 9.31. The van der Waals surface area contributed by atoms with Crippen molar-refractivity contribution < 1.29 is 18.3 Å². The van der Waals surface area contributed by atoms with Gasteiger partial charge in [0.05, 0.1) is 6.20 Å². The highest BCUT2D eigenvalue weighted by Crippen LogP contribution is 2.20. The number of fused-ring (bicyclic) bond motifs is 1. The Labute approximate surface area is 118 Å². The van der Waals surface area contributed by atoms with Gasteiger partial charge in [-0.3, -0.25) is 4.79 Å². The number of hydrogen-bond donors (Lipinski definition) is 2. The molecule has 0 saturated carbocycles. The lowest BCUT2D eigenvalue weighted by molar-refractivity contribution is -0.139. The van der Waals surface area contributed by atoms with Crippen LogP contribution in [0.2, 0.25) is 0 Å². The third kappa shape index (κ3) is 3.01. The second-order valence-electron chi connectivity index (χ2n) is 5.41. The van der Waals surface area contributed by atoms with Gasteiger partial charge in [0.15, 0.2) is 5.03 Å². The molecule has 0 bridgehead atoms. The second kappa shape index (κ2) is 5.53. The van der Waals surface area contributed by atoms with Crippen molar-refractivity contribution in [3.8, 4) is 0 Å². The summed E-state index contributed by atoms with van der Waals surface area (Å²) in [4.78, 5) is 15.2. The maximum atomic E-state index is 12.3. The van der Waals surface area contributed by atoms with E-state index in [0.717, 1.165) is 18.7 Å². The summed E-state index contributed by atoms with van der Waals surface area (Å²) in [6.45, 7) is 4.30. The number of imidazole rings is 1. The Morgan fingerprint density at radius 1 is 1.55 bits per heavy atom. The quantitative estimate of drug-likeness (QED) is 0.801. The van der Waals surface area contributed by atoms with E-state index in [4.69, 9.17) is 5.11 Å². The number of carboxylic acids is 1. The van der Waals surface area contributed by atoms with Crippen LogP contribution in [-0.2, 0) is 27.8 Å². The molecule has 1 aliphatic heterocycles. The molecule has 20 heavy (non-hydrogen) atoms. The molecule has 2 heterocycles. The van der Waals surface area contributed by atoms with E-state index in [1.807, 2.05) is 13.8 Å². The fourth-order valence-electron chi connectivity index (χ4n) is 2.36. The fourth-order valence-corrected chi connectivity index (χ4v) is 3.73. The summed E-state index contributed by atoms with van der Waals surface area (Å²) in [6.07, 6.45) is 3.16. The van der Waals surface area contributed by atoms with Crippen molar-refractivity contribution >= 4 is 16.0 Å². The molecule has 112 valence electrons. The highest BCUT2D eigenvalue weighted by atomic mass is 32.2. The van der Waals surface area contributed by atoms with Gasteiger partial charge in [-0.25, -0.2) is 13.4 Å². The van der Waals surface area contributed by atoms with Gasteiger partial charge >= 0.3 is 5.97 Å². The molecule has 7 nitrogen and oxygen atoms in total. The van der Waals surface area contributed by atoms with Gasteiger partial charge in [-0.15, -0.1) is 0 Å². The number of carboxylic acid groups (broad SMARTS) is 1. The van der Waals surface area contributed by atoms with Crippen LogP contribution in [0.15, 0.2) is 11.2 Å². The molecule has 1 aromatic heterocycles. The topological polar surface area (TPSA) is 101 Å². The van der Waals surface area contributed by atoms with Crippen molar-refractivity contribution in [1.29, 1.82) is 0 Å². The molecule has 0 aromatic carbocycles. The van der Waals surface area contributed by atoms with E-state index in [9.17, 15) is 13.2 Å². The zero-order valence-electron chi connectivity index (χ0n) is 11.5. The monoisotopic (exact) mass is 301 g/mol. The molecule has 1 aliphatic rings. The fraction of sp³-hybridized carbons (Fsp3) is 0.667. The Balaban J connectivity index is 2.23. The van der Waals surface area contributed by atoms with Crippen LogP contribution in [0.25, 0.3) is 0 Å². The van der Waals surface area contributed by atoms with Crippen molar-refractivity contribution in [2.24, 2.45) is 5.92 Å². The highest BCUT2D eigenvalue weighted by Gasteiger charge is 2.30. The van der Waals surface area contributed by atoms with Crippen molar-refractivity contribution in [2.75, 3.05) is 0 Å². The number of aliphatic carboxylic acids is 1. The molecule has 1 atom stereocenters. The van der Waals surface area contributed by atoms with Crippen LogP contribution in [0.5, 0.6) is 0 Å². The first-order valence-corrected chi connectivity index (χ1v) is 8.09. The summed E-state index contributed by atoms with van der Waals surface area (Å²) in [6, 6.07) is -1.12. The Hall–Kier alpha value is -1.41. The van der Waals surface area contributed by atoms with E-state index in [1.54, 1.807) is 4.57 Å². The van der Waals surface area contributed by atoms with Crippen LogP contribution in [0.4, 0.5) is 0 Å². The summed E-state index contributed by atoms with van der Waals surface area (Å²) < 4.78 is 28.5. The van der Waals surface area contributed by atoms with Crippen molar-refractivity contribution in [3.05, 3.63) is 12.0 Å². The number of hydrogen-bond acceptors (Lipinski definition) is 4. The lowest BCUT2D eigenvalue weighted by Gasteiger charge is -2.16. The first kappa shape index (κ1) is 15.0. The molecule has 0 amide bonds. The smallest absolute Gasteiger partial charge is 0.321 e. The normalized spacial score (nSPS) is 16.4. The van der Waals surface area contributed by atoms with Gasteiger partial charge in [0.1, 0.15) is 11.9 Å². The Bertz CT molecular complexity index is 606. The van der Waals surface area contributed by atoms with Gasteiger partial charge in [-0.1, -0.05) is 13.8 Å². The van der Waals surface area contributed by atoms with Crippen molar-refractivity contribution in [2.45, 2.75) is 50.7 Å². The van der Waals surface area contributed by atoms with Crippen LogP contribution in [-0.4, -0.2) is 35.1 Å². The van der Waals surface area contributed by atoms with E-state index in [1.165, 1.54) is 6.20 Å². The van der Waals surface area contributed by atoms with Crippen LogP contribution in [0.1, 0.15) is 32.5 Å². The molecule has 0 radical (unpaired) electrons. The predicted molar refractivity (Wildman–Crippen MR) is 71.7 cm³/mol. The van der Waals surface area contributed by atoms with Crippen LogP contribution in [0, 0.1) is 5.92 Å². The maximum absolute atomic E-state index is 12.3. The summed E-state index contributed by atoms with van der Waals surface area (Å²) in [5, 5.41) is 9.18. The molecule has 0 spiro atoms. The largest absolute Gasteiger partial charge is 0.480 e. The van der Waals surface area contributed by atoms with Gasteiger partial charge in [0, 0.05) is 13.0 Å². The first-order valence-electron chi connectivity index (χ1n) is 6.61. The van der Waals surface area contributed by atoms with Gasteiger partial charge in [-0.2, -0.15) is 4.72 Å². The van der Waals surface area contributed by atoms with Gasteiger partial charge in [-0.05, 0) is 18.8 Å². The van der Waals surface area contributed by atoms with Gasteiger partial charge in [0.2, 0.25) is 0 Å². The minimum atomic E-state index is -3.86. The van der Waals surface area contributed by atoms with E-state index in [2.05, 4.69) is 9.71 Å². The maximum Gasteiger partial charge on any atom is 0.321 e. The molecular formula is C12H19N3O4S. The zero-order chi connectivity index (χ0) is 14.9. The Morgan fingerprint density at radius 2 is 2.25 bits per heavy atom. The Morgan fingerprint density at radius 3 is 2.85 bits per heavy atom. The molecule has 0 fully saturated rings. The summed E-state index contributed by atoms with van der Waals surface area (Å²) >= 11 is 0. The number of carbonyl (C=O) groups is 1. The second-order valence-corrected chi connectivity index (χ2v) is 7.07. The number of aromatic nitrogens is 2. The molecule has 2 rings (SSSR count). The molecule has 1 aromatic rings. The summed E-state index contributed by atoms with van der Waals surface area (Å²) in [5.41, 5.74) is 0. The van der Waals surface area contributed by atoms with Crippen LogP contribution >= 0.6 is 0 Å². The lowest BCUT2D eigenvalue weighted by Crippen LogP contribution is -2.42. The van der Waals surface area contributed by atoms with E-state index < -0.39 is 22.0 Å². The molecular weight excluding hydrogens is 282 g/mol. The zero-order valence-corrected chi connectivity index (χ0v) is 12.4. The predicted octanol–water partition coefficient (Wildman–Crippen LogP) is 0.607. The van der Waals surface area contributed by atoms with Crippen molar-refractivity contribution in [3.63, 3.8) is 0 Å². The summed E-state index contributed by atoms with van der Waals surface area (Å²) in [7, 11) is -3.86. The average Bonchev–Trinajstić information content (AvgIpc) is 2.87. The van der Waals surface area contributed by atoms with Gasteiger partial charge < -0.3 is 9.67 Å². The number of aryl methyl sites for hydroxylation is 1. The highest BCUT2D eigenvalue weighted by molar-refractivity contribution is 7.89. The molecule has 0 saturated heterocycles. The average molecular weight is 301 g/mol. The SMILES string of the molecule is CC(C)C[C@H](NS(=O)(=O)c1cnc2n1CCC2)C(=O)O. The number of rotatable bonds is 6. The molecule has 0 unspecified atom stereocenters. The van der Waals surface area contributed by atoms with Crippen LogP contribution in [0.3, 0.4) is 0 Å². The molecule has 0 aliphatic carbocycles. The number of nitrogens with one attached hydrogen (secondary N) is 1. The van der Waals surface area contributed by atoms with E-state index in [0.29, 0.717) is 6.54 Å². The van der Waals surface area contributed by atoms with Crippen molar-refractivity contribution in [1.82, 2.24) is 14.3 Å². The molecule has 8 heteroatoms. The number of sulfonamides is 1. The molecule has 2 N–H and O–H groups in total. The lowest BCUT2D eigenvalue weighted by atomic mass is 10.1. The third-order valence-electron chi connectivity index (χ3n) is 3.26.